The molecule has 1 unspecified atom stereocenters. The summed E-state index contributed by atoms with van der Waals surface area (Å²) in [5.41, 5.74) is 1.96. The van der Waals surface area contributed by atoms with Crippen molar-refractivity contribution in [1.82, 2.24) is 10.6 Å². The van der Waals surface area contributed by atoms with Gasteiger partial charge in [-0.05, 0) is 68.2 Å². The second-order valence-corrected chi connectivity index (χ2v) is 11.7. The summed E-state index contributed by atoms with van der Waals surface area (Å²) in [6.07, 6.45) is 3.30. The van der Waals surface area contributed by atoms with E-state index in [0.717, 1.165) is 19.3 Å². The Morgan fingerprint density at radius 1 is 0.864 bits per heavy atom. The Kier molecular flexibility index (Phi) is 3.45. The average Bonchev–Trinajstić information content (AvgIpc) is 2.46. The average molecular weight is 324 g/mol. The first-order valence-corrected chi connectivity index (χ1v) is 9.47. The number of hydrogen-bond acceptors (Lipinski definition) is 4. The summed E-state index contributed by atoms with van der Waals surface area (Å²) < 4.78 is 0. The lowest BCUT2D eigenvalue weighted by atomic mass is 9.78. The van der Waals surface area contributed by atoms with Crippen molar-refractivity contribution in [1.29, 1.82) is 0 Å². The van der Waals surface area contributed by atoms with Crippen molar-refractivity contribution in [3.8, 4) is 0 Å². The number of fused-ring (bicyclic) bond motifs is 1. The van der Waals surface area contributed by atoms with Crippen molar-refractivity contribution in [2.75, 3.05) is 0 Å². The van der Waals surface area contributed by atoms with E-state index >= 15 is 0 Å². The largest absolute Gasteiger partial charge is 0.307 e. The number of nitrogens with one attached hydrogen (secondary N) is 2. The third-order valence-electron chi connectivity index (χ3n) is 5.04. The summed E-state index contributed by atoms with van der Waals surface area (Å²) in [6.45, 7) is 18.6. The lowest BCUT2D eigenvalue weighted by Crippen LogP contribution is -2.64. The van der Waals surface area contributed by atoms with Crippen LogP contribution in [-0.2, 0) is 0 Å². The van der Waals surface area contributed by atoms with E-state index in [9.17, 15) is 0 Å². The fourth-order valence-corrected chi connectivity index (χ4v) is 7.50. The van der Waals surface area contributed by atoms with Crippen LogP contribution < -0.4 is 10.6 Å². The van der Waals surface area contributed by atoms with E-state index in [1.165, 1.54) is 5.71 Å². The molecular weight excluding hydrogens is 290 g/mol. The van der Waals surface area contributed by atoms with Gasteiger partial charge in [-0.2, -0.15) is 0 Å². The fraction of sp³-hybridized carbons (Fsp3) is 0.944. The van der Waals surface area contributed by atoms with Crippen LogP contribution >= 0.6 is 11.8 Å². The molecule has 4 heteroatoms. The van der Waals surface area contributed by atoms with E-state index < -0.39 is 0 Å². The lowest BCUT2D eigenvalue weighted by molar-refractivity contribution is 0.151. The van der Waals surface area contributed by atoms with E-state index in [1.54, 1.807) is 0 Å². The quantitative estimate of drug-likeness (QED) is 0.713. The molecule has 0 bridgehead atoms. The van der Waals surface area contributed by atoms with Gasteiger partial charge in [-0.3, -0.25) is 4.99 Å². The number of thioether (sulfide) groups is 1. The third-order valence-corrected chi connectivity index (χ3v) is 6.96. The Morgan fingerprint density at radius 3 is 1.95 bits per heavy atom. The molecule has 1 atom stereocenters. The first-order chi connectivity index (χ1) is 9.74. The molecule has 3 nitrogen and oxygen atoms in total. The Morgan fingerprint density at radius 2 is 1.41 bits per heavy atom. The summed E-state index contributed by atoms with van der Waals surface area (Å²) in [4.78, 5) is 5.44. The van der Waals surface area contributed by atoms with Gasteiger partial charge >= 0.3 is 0 Å². The highest BCUT2D eigenvalue weighted by Crippen LogP contribution is 2.54. The maximum Gasteiger partial charge on any atom is 0.110 e. The number of piperidine rings is 2. The van der Waals surface area contributed by atoms with Gasteiger partial charge in [0.2, 0.25) is 0 Å². The van der Waals surface area contributed by atoms with Crippen LogP contribution in [0.4, 0.5) is 0 Å². The van der Waals surface area contributed by atoms with E-state index in [0.29, 0.717) is 5.25 Å². The highest BCUT2D eigenvalue weighted by Gasteiger charge is 2.56. The number of hydrogen-bond donors (Lipinski definition) is 2. The first kappa shape index (κ1) is 16.8. The van der Waals surface area contributed by atoms with E-state index in [2.05, 4.69) is 77.8 Å². The second-order valence-electron chi connectivity index (χ2n) is 10.2. The van der Waals surface area contributed by atoms with Gasteiger partial charge in [0.05, 0.1) is 5.25 Å². The van der Waals surface area contributed by atoms with Crippen molar-refractivity contribution in [3.63, 3.8) is 0 Å². The fourth-order valence-electron chi connectivity index (χ4n) is 5.38. The van der Waals surface area contributed by atoms with Crippen LogP contribution in [0.25, 0.3) is 0 Å². The van der Waals surface area contributed by atoms with Crippen molar-refractivity contribution in [2.24, 2.45) is 4.99 Å². The Balaban J connectivity index is 1.97. The minimum atomic E-state index is 0.0532. The standard InChI is InChI=1S/C18H33N3S/c1-14(2)9-12-13(17(7,8)21-14)22-18(19-12)10-15(3,4)20-16(5,6)11-18/h13,20-21H,9-11H2,1-8H3. The van der Waals surface area contributed by atoms with E-state index in [1.807, 2.05) is 0 Å². The molecule has 2 saturated heterocycles. The predicted octanol–water partition coefficient (Wildman–Crippen LogP) is 3.73. The lowest BCUT2D eigenvalue weighted by Gasteiger charge is -2.51. The molecule has 3 aliphatic heterocycles. The molecule has 0 radical (unpaired) electrons. The zero-order chi connectivity index (χ0) is 16.6. The summed E-state index contributed by atoms with van der Waals surface area (Å²) in [5.74, 6) is 0. The topological polar surface area (TPSA) is 36.4 Å². The van der Waals surface area contributed by atoms with Crippen LogP contribution in [-0.4, -0.2) is 38.0 Å². The molecule has 3 heterocycles. The molecule has 1 spiro atoms. The van der Waals surface area contributed by atoms with Crippen molar-refractivity contribution < 1.29 is 0 Å². The number of rotatable bonds is 0. The normalized spacial score (nSPS) is 36.7. The molecular formula is C18H33N3S. The van der Waals surface area contributed by atoms with Crippen LogP contribution in [0, 0.1) is 0 Å². The van der Waals surface area contributed by atoms with Crippen LogP contribution in [0.5, 0.6) is 0 Å². The predicted molar refractivity (Wildman–Crippen MR) is 98.0 cm³/mol. The van der Waals surface area contributed by atoms with Crippen LogP contribution in [0.15, 0.2) is 4.99 Å². The van der Waals surface area contributed by atoms with Gasteiger partial charge in [0.15, 0.2) is 0 Å². The van der Waals surface area contributed by atoms with Gasteiger partial charge in [0.1, 0.15) is 4.87 Å². The third kappa shape index (κ3) is 2.99. The van der Waals surface area contributed by atoms with Gasteiger partial charge in [-0.1, -0.05) is 0 Å². The monoisotopic (exact) mass is 323 g/mol. The molecule has 3 aliphatic rings. The first-order valence-electron chi connectivity index (χ1n) is 8.59. The maximum atomic E-state index is 5.38. The van der Waals surface area contributed by atoms with Crippen LogP contribution in [0.3, 0.4) is 0 Å². The van der Waals surface area contributed by atoms with Gasteiger partial charge < -0.3 is 10.6 Å². The molecule has 0 saturated carbocycles. The zero-order valence-corrected chi connectivity index (χ0v) is 16.4. The SMILES string of the molecule is CC1(C)CC2(CC(C)(C)N1)N=C1CC(C)(C)NC(C)(C)C1S2. The molecule has 126 valence electrons. The van der Waals surface area contributed by atoms with Crippen molar-refractivity contribution in [3.05, 3.63) is 0 Å². The van der Waals surface area contributed by atoms with Gasteiger partial charge in [0, 0.05) is 34.3 Å². The summed E-state index contributed by atoms with van der Waals surface area (Å²) in [5, 5.41) is 8.16. The van der Waals surface area contributed by atoms with Crippen LogP contribution in [0.2, 0.25) is 0 Å². The molecule has 0 aliphatic carbocycles. The summed E-state index contributed by atoms with van der Waals surface area (Å²) in [6, 6.07) is 0. The minimum absolute atomic E-state index is 0.0532. The Labute approximate surface area is 140 Å². The Bertz CT molecular complexity index is 500. The van der Waals surface area contributed by atoms with Crippen LogP contribution in [0.1, 0.15) is 74.7 Å². The van der Waals surface area contributed by atoms with E-state index in [4.69, 9.17) is 4.99 Å². The number of aliphatic imine (C=N–C) groups is 1. The highest BCUT2D eigenvalue weighted by atomic mass is 32.2. The zero-order valence-electron chi connectivity index (χ0n) is 15.6. The summed E-state index contributed by atoms with van der Waals surface area (Å²) in [7, 11) is 0. The Hall–Kier alpha value is -0.0600. The molecule has 0 amide bonds. The summed E-state index contributed by atoms with van der Waals surface area (Å²) >= 11 is 2.12. The molecule has 2 fully saturated rings. The van der Waals surface area contributed by atoms with Gasteiger partial charge in [0.25, 0.3) is 0 Å². The van der Waals surface area contributed by atoms with Crippen molar-refractivity contribution in [2.45, 2.75) is 107 Å². The molecule has 3 rings (SSSR count). The molecule has 22 heavy (non-hydrogen) atoms. The van der Waals surface area contributed by atoms with Crippen molar-refractivity contribution >= 4 is 17.5 Å². The highest BCUT2D eigenvalue weighted by molar-refractivity contribution is 8.02. The smallest absolute Gasteiger partial charge is 0.110 e. The minimum Gasteiger partial charge on any atom is -0.307 e. The van der Waals surface area contributed by atoms with Gasteiger partial charge in [-0.25, -0.2) is 0 Å². The van der Waals surface area contributed by atoms with Gasteiger partial charge in [-0.15, -0.1) is 11.8 Å². The molecule has 0 aromatic rings. The van der Waals surface area contributed by atoms with E-state index in [-0.39, 0.29) is 27.0 Å². The maximum absolute atomic E-state index is 5.38. The second kappa shape index (κ2) is 4.52. The molecule has 0 aromatic heterocycles. The number of nitrogens with zero attached hydrogens (tertiary/aromatic N) is 1. The molecule has 0 aromatic carbocycles. The molecule has 2 N–H and O–H groups in total.